The number of fused-ring (bicyclic) bond motifs is 1. The van der Waals surface area contributed by atoms with Gasteiger partial charge in [-0.3, -0.25) is 0 Å². The van der Waals surface area contributed by atoms with Crippen LogP contribution in [0, 0.1) is 13.8 Å². The van der Waals surface area contributed by atoms with Crippen molar-refractivity contribution in [1.82, 2.24) is 30.4 Å². The summed E-state index contributed by atoms with van der Waals surface area (Å²) in [6.07, 6.45) is 3.00. The quantitative estimate of drug-likeness (QED) is 0.307. The van der Waals surface area contributed by atoms with Crippen molar-refractivity contribution in [2.24, 2.45) is 12.0 Å². The molecule has 3 N–H and O–H groups in total. The molecule has 0 fully saturated rings. The molecule has 0 aliphatic rings. The van der Waals surface area contributed by atoms with Crippen molar-refractivity contribution in [1.29, 1.82) is 0 Å². The summed E-state index contributed by atoms with van der Waals surface area (Å²) in [5, 5.41) is 16.7. The molecule has 4 aromatic rings. The minimum atomic E-state index is 0.125. The number of nitrogens with zero attached hydrogens (tertiary/aromatic N) is 4. The van der Waals surface area contributed by atoms with Crippen LogP contribution < -0.4 is 10.6 Å². The molecule has 0 bridgehead atoms. The Morgan fingerprint density at radius 3 is 2.69 bits per heavy atom. The van der Waals surface area contributed by atoms with Gasteiger partial charge in [-0.2, -0.15) is 0 Å². The third kappa shape index (κ3) is 4.99. The molecule has 0 amide bonds. The number of rotatable bonds is 7. The second-order valence-corrected chi connectivity index (χ2v) is 8.20. The van der Waals surface area contributed by atoms with Gasteiger partial charge in [-0.15, -0.1) is 10.2 Å². The lowest BCUT2D eigenvalue weighted by atomic mass is 10.1. The summed E-state index contributed by atoms with van der Waals surface area (Å²) in [6, 6.07) is 17.0. The van der Waals surface area contributed by atoms with Crippen LogP contribution in [0.25, 0.3) is 10.9 Å². The predicted molar refractivity (Wildman–Crippen MR) is 130 cm³/mol. The van der Waals surface area contributed by atoms with Gasteiger partial charge >= 0.3 is 0 Å². The lowest BCUT2D eigenvalue weighted by molar-refractivity contribution is 0.675. The summed E-state index contributed by atoms with van der Waals surface area (Å²) in [5.74, 6) is 2.48. The molecule has 7 heteroatoms. The van der Waals surface area contributed by atoms with Crippen LogP contribution in [0.3, 0.4) is 0 Å². The van der Waals surface area contributed by atoms with E-state index in [0.717, 1.165) is 30.6 Å². The van der Waals surface area contributed by atoms with Crippen LogP contribution in [-0.2, 0) is 20.0 Å². The maximum atomic E-state index is 4.79. The third-order valence-corrected chi connectivity index (χ3v) is 5.82. The highest BCUT2D eigenvalue weighted by atomic mass is 15.3. The van der Waals surface area contributed by atoms with Crippen molar-refractivity contribution in [3.05, 3.63) is 83.1 Å². The molecule has 0 aliphatic carbocycles. The average molecular weight is 430 g/mol. The number of hydrogen-bond donors (Lipinski definition) is 3. The van der Waals surface area contributed by atoms with Gasteiger partial charge in [-0.1, -0.05) is 42.5 Å². The van der Waals surface area contributed by atoms with Crippen LogP contribution >= 0.6 is 0 Å². The summed E-state index contributed by atoms with van der Waals surface area (Å²) >= 11 is 0. The lowest BCUT2D eigenvalue weighted by Crippen LogP contribution is -2.39. The Kier molecular flexibility index (Phi) is 6.54. The highest BCUT2D eigenvalue weighted by molar-refractivity contribution is 5.84. The Morgan fingerprint density at radius 2 is 1.94 bits per heavy atom. The number of aromatic nitrogens is 4. The Bertz CT molecular complexity index is 1200. The molecule has 7 nitrogen and oxygen atoms in total. The fourth-order valence-electron chi connectivity index (χ4n) is 3.74. The van der Waals surface area contributed by atoms with Crippen LogP contribution in [0.15, 0.2) is 59.7 Å². The first-order valence-electron chi connectivity index (χ1n) is 11.0. The van der Waals surface area contributed by atoms with E-state index in [9.17, 15) is 0 Å². The zero-order valence-electron chi connectivity index (χ0n) is 19.2. The third-order valence-electron chi connectivity index (χ3n) is 5.82. The van der Waals surface area contributed by atoms with Gasteiger partial charge in [0.2, 0.25) is 0 Å². The lowest BCUT2D eigenvalue weighted by Gasteiger charge is -2.19. The fourth-order valence-corrected chi connectivity index (χ4v) is 3.74. The molecule has 0 radical (unpaired) electrons. The van der Waals surface area contributed by atoms with Gasteiger partial charge in [0, 0.05) is 30.7 Å². The molecule has 2 aromatic carbocycles. The van der Waals surface area contributed by atoms with Crippen molar-refractivity contribution in [3.8, 4) is 0 Å². The minimum Gasteiger partial charge on any atom is -0.361 e. The molecular weight excluding hydrogens is 398 g/mol. The highest BCUT2D eigenvalue weighted by Crippen LogP contribution is 2.19. The van der Waals surface area contributed by atoms with Crippen LogP contribution in [0.1, 0.15) is 41.3 Å². The van der Waals surface area contributed by atoms with Gasteiger partial charge in [-0.25, -0.2) is 4.99 Å². The number of benzene rings is 2. The number of hydrogen-bond acceptors (Lipinski definition) is 3. The van der Waals surface area contributed by atoms with Gasteiger partial charge in [-0.05, 0) is 49.9 Å². The SMILES string of the molecule is Cc1ccc2c(CCNC(=NCc3nnc(C)n3C)NC(C)c3ccccc3)c[nH]c2c1. The average Bonchev–Trinajstić information content (AvgIpc) is 3.35. The number of H-pyrrole nitrogens is 1. The second-order valence-electron chi connectivity index (χ2n) is 8.20. The van der Waals surface area contributed by atoms with E-state index in [1.54, 1.807) is 0 Å². The Labute approximate surface area is 189 Å². The maximum absolute atomic E-state index is 4.79. The smallest absolute Gasteiger partial charge is 0.192 e. The van der Waals surface area contributed by atoms with E-state index in [1.807, 2.05) is 24.6 Å². The normalized spacial score (nSPS) is 12.8. The molecule has 0 aliphatic heterocycles. The van der Waals surface area contributed by atoms with Crippen LogP contribution in [0.2, 0.25) is 0 Å². The number of aromatic amines is 1. The fraction of sp³-hybridized carbons (Fsp3) is 0.320. The number of guanidine groups is 1. The summed E-state index contributed by atoms with van der Waals surface area (Å²) in [7, 11) is 1.96. The van der Waals surface area contributed by atoms with Gasteiger partial charge in [0.1, 0.15) is 12.4 Å². The minimum absolute atomic E-state index is 0.125. The highest BCUT2D eigenvalue weighted by Gasteiger charge is 2.10. The molecule has 2 heterocycles. The second kappa shape index (κ2) is 9.68. The first kappa shape index (κ1) is 21.6. The predicted octanol–water partition coefficient (Wildman–Crippen LogP) is 3.95. The van der Waals surface area contributed by atoms with Crippen molar-refractivity contribution in [3.63, 3.8) is 0 Å². The summed E-state index contributed by atoms with van der Waals surface area (Å²) in [5.41, 5.74) is 4.95. The standard InChI is InChI=1S/C25H31N7/c1-17-10-11-22-21(15-27-23(22)14-17)12-13-26-25(28-16-24-31-30-19(3)32(24)4)29-18(2)20-8-6-5-7-9-20/h5-11,14-15,18,27H,12-13,16H2,1-4H3,(H2,26,28,29). The van der Waals surface area contributed by atoms with E-state index in [1.165, 1.54) is 27.6 Å². The van der Waals surface area contributed by atoms with Crippen molar-refractivity contribution in [2.75, 3.05) is 6.54 Å². The zero-order chi connectivity index (χ0) is 22.5. The van der Waals surface area contributed by atoms with E-state index >= 15 is 0 Å². The molecule has 0 spiro atoms. The molecule has 0 saturated heterocycles. The monoisotopic (exact) mass is 429 g/mol. The zero-order valence-corrected chi connectivity index (χ0v) is 19.2. The Balaban J connectivity index is 1.46. The first-order valence-corrected chi connectivity index (χ1v) is 11.0. The summed E-state index contributed by atoms with van der Waals surface area (Å²) in [6.45, 7) is 7.42. The largest absolute Gasteiger partial charge is 0.361 e. The Hall–Kier alpha value is -3.61. The van der Waals surface area contributed by atoms with Crippen molar-refractivity contribution < 1.29 is 0 Å². The van der Waals surface area contributed by atoms with E-state index < -0.39 is 0 Å². The van der Waals surface area contributed by atoms with Gasteiger partial charge < -0.3 is 20.2 Å². The molecule has 1 atom stereocenters. The summed E-state index contributed by atoms with van der Waals surface area (Å²) < 4.78 is 1.97. The molecule has 166 valence electrons. The van der Waals surface area contributed by atoms with E-state index in [2.05, 4.69) is 88.3 Å². The summed E-state index contributed by atoms with van der Waals surface area (Å²) in [4.78, 5) is 8.17. The molecular formula is C25H31N7. The molecule has 32 heavy (non-hydrogen) atoms. The van der Waals surface area contributed by atoms with E-state index in [0.29, 0.717) is 6.54 Å². The van der Waals surface area contributed by atoms with Crippen LogP contribution in [-0.4, -0.2) is 32.3 Å². The van der Waals surface area contributed by atoms with Crippen LogP contribution in [0.4, 0.5) is 0 Å². The molecule has 0 saturated carbocycles. The van der Waals surface area contributed by atoms with Crippen molar-refractivity contribution >= 4 is 16.9 Å². The van der Waals surface area contributed by atoms with Gasteiger partial charge in [0.05, 0.1) is 6.04 Å². The first-order chi connectivity index (χ1) is 15.5. The number of nitrogens with one attached hydrogen (secondary N) is 3. The number of aryl methyl sites for hydroxylation is 2. The molecule has 2 aromatic heterocycles. The maximum Gasteiger partial charge on any atom is 0.192 e. The number of aliphatic imine (C=N–C) groups is 1. The van der Waals surface area contributed by atoms with E-state index in [4.69, 9.17) is 4.99 Å². The van der Waals surface area contributed by atoms with E-state index in [-0.39, 0.29) is 6.04 Å². The van der Waals surface area contributed by atoms with Gasteiger partial charge in [0.25, 0.3) is 0 Å². The molecule has 1 unspecified atom stereocenters. The van der Waals surface area contributed by atoms with Gasteiger partial charge in [0.15, 0.2) is 11.8 Å². The van der Waals surface area contributed by atoms with Crippen molar-refractivity contribution in [2.45, 2.75) is 39.8 Å². The van der Waals surface area contributed by atoms with Crippen LogP contribution in [0.5, 0.6) is 0 Å². The Morgan fingerprint density at radius 1 is 1.12 bits per heavy atom. The topological polar surface area (TPSA) is 82.9 Å². The molecule has 4 rings (SSSR count).